The van der Waals surface area contributed by atoms with E-state index in [4.69, 9.17) is 5.11 Å². The molecule has 0 saturated carbocycles. The first kappa shape index (κ1) is 13.2. The monoisotopic (exact) mass is 255 g/mol. The van der Waals surface area contributed by atoms with Gasteiger partial charge >= 0.3 is 6.09 Å². The Hall–Kier alpha value is -0.890. The summed E-state index contributed by atoms with van der Waals surface area (Å²) in [5.74, 6) is -0.407. The molecule has 1 unspecified atom stereocenters. The standard InChI is InChI=1S/C8H14FNO5S/c1-16(13,14)15-7(4-9)6-2-3-10(5-6)8(11)12/h6-7H,2-5H2,1H3,(H,11,12)/t6-,7?/m0/s1. The van der Waals surface area contributed by atoms with Gasteiger partial charge in [-0.15, -0.1) is 0 Å². The molecule has 1 rings (SSSR count). The maximum absolute atomic E-state index is 12.6. The molecule has 0 aromatic rings. The van der Waals surface area contributed by atoms with E-state index in [1.807, 2.05) is 0 Å². The van der Waals surface area contributed by atoms with E-state index < -0.39 is 34.9 Å². The molecule has 1 amide bonds. The molecule has 1 aliphatic rings. The van der Waals surface area contributed by atoms with Crippen LogP contribution in [0.2, 0.25) is 0 Å². The smallest absolute Gasteiger partial charge is 0.407 e. The minimum absolute atomic E-state index is 0.111. The summed E-state index contributed by atoms with van der Waals surface area (Å²) in [6.45, 7) is -0.547. The summed E-state index contributed by atoms with van der Waals surface area (Å²) >= 11 is 0. The molecule has 1 fully saturated rings. The second kappa shape index (κ2) is 4.96. The number of rotatable bonds is 4. The van der Waals surface area contributed by atoms with Gasteiger partial charge in [-0.05, 0) is 6.42 Å². The van der Waals surface area contributed by atoms with Crippen LogP contribution in [0.1, 0.15) is 6.42 Å². The maximum Gasteiger partial charge on any atom is 0.407 e. The van der Waals surface area contributed by atoms with E-state index >= 15 is 0 Å². The third kappa shape index (κ3) is 3.60. The molecule has 0 aromatic heterocycles. The van der Waals surface area contributed by atoms with Crippen LogP contribution in [0.5, 0.6) is 0 Å². The van der Waals surface area contributed by atoms with E-state index in [1.54, 1.807) is 0 Å². The van der Waals surface area contributed by atoms with Crippen molar-refractivity contribution in [2.24, 2.45) is 5.92 Å². The van der Waals surface area contributed by atoms with Gasteiger partial charge in [0, 0.05) is 19.0 Å². The Labute approximate surface area is 93.1 Å². The van der Waals surface area contributed by atoms with Crippen LogP contribution in [-0.4, -0.2) is 56.6 Å². The quantitative estimate of drug-likeness (QED) is 0.730. The number of carboxylic acid groups (broad SMARTS) is 1. The molecular formula is C8H14FNO5S. The van der Waals surface area contributed by atoms with Gasteiger partial charge in [0.1, 0.15) is 12.8 Å². The molecule has 2 atom stereocenters. The molecule has 1 aliphatic heterocycles. The molecule has 0 aliphatic carbocycles. The maximum atomic E-state index is 12.6. The highest BCUT2D eigenvalue weighted by atomic mass is 32.2. The number of nitrogens with zero attached hydrogens (tertiary/aromatic N) is 1. The van der Waals surface area contributed by atoms with Crippen molar-refractivity contribution in [3.8, 4) is 0 Å². The van der Waals surface area contributed by atoms with Gasteiger partial charge in [-0.2, -0.15) is 8.42 Å². The number of carbonyl (C=O) groups is 1. The minimum Gasteiger partial charge on any atom is -0.465 e. The second-order valence-electron chi connectivity index (χ2n) is 3.77. The summed E-state index contributed by atoms with van der Waals surface area (Å²) in [6, 6.07) is 0. The molecule has 6 nitrogen and oxygen atoms in total. The van der Waals surface area contributed by atoms with E-state index in [1.165, 1.54) is 0 Å². The number of halogens is 1. The highest BCUT2D eigenvalue weighted by molar-refractivity contribution is 7.86. The zero-order chi connectivity index (χ0) is 12.3. The van der Waals surface area contributed by atoms with Crippen molar-refractivity contribution in [2.75, 3.05) is 26.0 Å². The summed E-state index contributed by atoms with van der Waals surface area (Å²) in [5, 5.41) is 8.69. The van der Waals surface area contributed by atoms with Crippen LogP contribution in [-0.2, 0) is 14.3 Å². The average Bonchev–Trinajstić information content (AvgIpc) is 2.61. The molecule has 1 heterocycles. The van der Waals surface area contributed by atoms with E-state index in [0.29, 0.717) is 6.42 Å². The van der Waals surface area contributed by atoms with Crippen LogP contribution in [0.25, 0.3) is 0 Å². The Morgan fingerprint density at radius 1 is 1.69 bits per heavy atom. The summed E-state index contributed by atoms with van der Waals surface area (Å²) in [4.78, 5) is 11.7. The molecule has 0 spiro atoms. The van der Waals surface area contributed by atoms with Crippen molar-refractivity contribution in [3.63, 3.8) is 0 Å². The highest BCUT2D eigenvalue weighted by Gasteiger charge is 2.34. The lowest BCUT2D eigenvalue weighted by Crippen LogP contribution is -2.33. The van der Waals surface area contributed by atoms with Gasteiger partial charge < -0.3 is 10.0 Å². The van der Waals surface area contributed by atoms with Gasteiger partial charge in [-0.3, -0.25) is 4.18 Å². The van der Waals surface area contributed by atoms with Gasteiger partial charge in [0.25, 0.3) is 10.1 Å². The lowest BCUT2D eigenvalue weighted by Gasteiger charge is -2.19. The third-order valence-corrected chi connectivity index (χ3v) is 3.07. The van der Waals surface area contributed by atoms with E-state index in [9.17, 15) is 17.6 Å². The SMILES string of the molecule is CS(=O)(=O)OC(CF)[C@H]1CCN(C(=O)O)C1. The number of alkyl halides is 1. The fourth-order valence-electron chi connectivity index (χ4n) is 1.72. The van der Waals surface area contributed by atoms with E-state index in [0.717, 1.165) is 11.2 Å². The number of hydrogen-bond donors (Lipinski definition) is 1. The summed E-state index contributed by atoms with van der Waals surface area (Å²) in [5.41, 5.74) is 0. The highest BCUT2D eigenvalue weighted by Crippen LogP contribution is 2.23. The van der Waals surface area contributed by atoms with Crippen molar-refractivity contribution >= 4 is 16.2 Å². The summed E-state index contributed by atoms with van der Waals surface area (Å²) in [6.07, 6.45) is -0.908. The Balaban J connectivity index is 2.59. The van der Waals surface area contributed by atoms with Crippen molar-refractivity contribution in [2.45, 2.75) is 12.5 Å². The topological polar surface area (TPSA) is 83.9 Å². The molecule has 16 heavy (non-hydrogen) atoms. The van der Waals surface area contributed by atoms with Gasteiger partial charge in [0.2, 0.25) is 0 Å². The van der Waals surface area contributed by atoms with Crippen LogP contribution < -0.4 is 0 Å². The van der Waals surface area contributed by atoms with Crippen molar-refractivity contribution in [1.29, 1.82) is 0 Å². The molecule has 94 valence electrons. The molecule has 1 N–H and O–H groups in total. The number of hydrogen-bond acceptors (Lipinski definition) is 4. The van der Waals surface area contributed by atoms with Crippen LogP contribution in [0.15, 0.2) is 0 Å². The minimum atomic E-state index is -3.72. The Kier molecular flexibility index (Phi) is 4.09. The lowest BCUT2D eigenvalue weighted by molar-refractivity contribution is 0.110. The van der Waals surface area contributed by atoms with Crippen molar-refractivity contribution in [1.82, 2.24) is 4.90 Å². The molecule has 0 aromatic carbocycles. The second-order valence-corrected chi connectivity index (χ2v) is 5.37. The fraction of sp³-hybridized carbons (Fsp3) is 0.875. The molecule has 0 bridgehead atoms. The molecule has 8 heteroatoms. The Morgan fingerprint density at radius 2 is 2.31 bits per heavy atom. The Bertz CT molecular complexity index is 357. The average molecular weight is 255 g/mol. The van der Waals surface area contributed by atoms with Crippen molar-refractivity contribution < 1.29 is 26.9 Å². The zero-order valence-electron chi connectivity index (χ0n) is 8.80. The van der Waals surface area contributed by atoms with Gasteiger partial charge in [-0.1, -0.05) is 0 Å². The normalized spacial score (nSPS) is 23.4. The first-order valence-electron chi connectivity index (χ1n) is 4.75. The predicted molar refractivity (Wildman–Crippen MR) is 53.4 cm³/mol. The van der Waals surface area contributed by atoms with E-state index in [2.05, 4.69) is 4.18 Å². The zero-order valence-corrected chi connectivity index (χ0v) is 9.61. The first-order valence-corrected chi connectivity index (χ1v) is 6.57. The Morgan fingerprint density at radius 3 is 2.69 bits per heavy atom. The number of likely N-dealkylation sites (tertiary alicyclic amines) is 1. The van der Waals surface area contributed by atoms with Gasteiger partial charge in [-0.25, -0.2) is 9.18 Å². The molecule has 1 saturated heterocycles. The van der Waals surface area contributed by atoms with Crippen LogP contribution in [0, 0.1) is 5.92 Å². The fourth-order valence-corrected chi connectivity index (χ4v) is 2.38. The lowest BCUT2D eigenvalue weighted by atomic mass is 10.0. The summed E-state index contributed by atoms with van der Waals surface area (Å²) < 4.78 is 38.9. The van der Waals surface area contributed by atoms with Gasteiger partial charge in [0.05, 0.1) is 6.26 Å². The molecular weight excluding hydrogens is 241 g/mol. The number of amides is 1. The molecule has 0 radical (unpaired) electrons. The van der Waals surface area contributed by atoms with Crippen LogP contribution in [0.3, 0.4) is 0 Å². The van der Waals surface area contributed by atoms with Gasteiger partial charge in [0.15, 0.2) is 0 Å². The van der Waals surface area contributed by atoms with E-state index in [-0.39, 0.29) is 13.1 Å². The van der Waals surface area contributed by atoms with Crippen LogP contribution in [0.4, 0.5) is 9.18 Å². The van der Waals surface area contributed by atoms with Crippen molar-refractivity contribution in [3.05, 3.63) is 0 Å². The third-order valence-electron chi connectivity index (χ3n) is 2.47. The van der Waals surface area contributed by atoms with Crippen LogP contribution >= 0.6 is 0 Å². The summed E-state index contributed by atoms with van der Waals surface area (Å²) in [7, 11) is -3.72. The largest absolute Gasteiger partial charge is 0.465 e. The first-order chi connectivity index (χ1) is 7.33. The predicted octanol–water partition coefficient (Wildman–Crippen LogP) is 0.301.